The van der Waals surface area contributed by atoms with Gasteiger partial charge >= 0.3 is 6.18 Å². The first kappa shape index (κ1) is 34.2. The van der Waals surface area contributed by atoms with Crippen LogP contribution in [-0.2, 0) is 13.0 Å². The molecule has 3 atom stereocenters. The van der Waals surface area contributed by atoms with Crippen molar-refractivity contribution in [2.45, 2.75) is 60.8 Å². The van der Waals surface area contributed by atoms with E-state index in [0.717, 1.165) is 22.5 Å². The van der Waals surface area contributed by atoms with Crippen LogP contribution >= 0.6 is 11.3 Å². The van der Waals surface area contributed by atoms with Gasteiger partial charge in [-0.15, -0.1) is 21.5 Å². The maximum Gasteiger partial charge on any atom is 0.393 e. The molecule has 1 aliphatic carbocycles. The summed E-state index contributed by atoms with van der Waals surface area (Å²) >= 11 is 1.02. The molecular weight excluding hydrogens is 610 g/mol. The SMILES string of the molecule is BC(B)(B)Oc1cc(-c2ccc(CN[C@H]3C[C@@H](O)[C@@H](N(C)c4ncnc5sc(CC(F)(F)F)cc45)C3)cc2)nnc1OC(B)(B)B. The number of ether oxygens (including phenoxy) is 2. The van der Waals surface area contributed by atoms with Crippen LogP contribution in [0.25, 0.3) is 21.5 Å². The lowest BCUT2D eigenvalue weighted by Crippen LogP contribution is -2.40. The number of rotatable bonds is 11. The lowest BCUT2D eigenvalue weighted by atomic mass is 9.52. The van der Waals surface area contributed by atoms with Crippen LogP contribution in [0, 0.1) is 0 Å². The number of fused-ring (bicyclic) bond motifs is 1. The highest BCUT2D eigenvalue weighted by Crippen LogP contribution is 2.36. The number of nitrogens with zero attached hydrogens (tertiary/aromatic N) is 5. The number of benzene rings is 1. The lowest BCUT2D eigenvalue weighted by molar-refractivity contribution is -0.126. The second kappa shape index (κ2) is 13.2. The zero-order valence-corrected chi connectivity index (χ0v) is 28.0. The molecule has 0 spiro atoms. The van der Waals surface area contributed by atoms with E-state index in [2.05, 4.69) is 25.5 Å². The highest BCUT2D eigenvalue weighted by Gasteiger charge is 2.37. The molecular formula is C27H35B6F3N6O3S. The molecule has 3 heterocycles. The van der Waals surface area contributed by atoms with Gasteiger partial charge in [0.15, 0.2) is 5.75 Å². The largest absolute Gasteiger partial charge is 0.509 e. The van der Waals surface area contributed by atoms with Gasteiger partial charge in [0.2, 0.25) is 0 Å². The number of aliphatic hydroxyl groups excluding tert-OH is 1. The number of alkyl halides is 3. The Morgan fingerprint density at radius 3 is 2.33 bits per heavy atom. The standard InChI is InChI=1S/C27H35B6F3N6O3S/c1-42(22-17-8-16(10-25(34,35)36)46-24(17)39-12-38-22)19-6-15(7-20(19)43)37-11-13-2-4-14(5-3-13)18-9-21(44-26(28,29)30)23(41-40-18)45-27(31,32)33/h2-5,8-9,12,15,19-20,37,43H,6-7,10-11,28-33H2,1H3/t15-,19+,20-/m1/s1. The molecule has 1 saturated carbocycles. The molecule has 0 saturated heterocycles. The molecule has 9 nitrogen and oxygen atoms in total. The van der Waals surface area contributed by atoms with Crippen LogP contribution in [0.1, 0.15) is 23.3 Å². The third-order valence-corrected chi connectivity index (χ3v) is 8.50. The first-order valence-electron chi connectivity index (χ1n) is 15.2. The van der Waals surface area contributed by atoms with E-state index < -0.39 is 29.3 Å². The highest BCUT2D eigenvalue weighted by molar-refractivity contribution is 7.18. The molecule has 1 fully saturated rings. The number of aliphatic hydroxyl groups is 1. The Balaban J connectivity index is 1.23. The van der Waals surface area contributed by atoms with Gasteiger partial charge in [-0.2, -0.15) is 13.2 Å². The van der Waals surface area contributed by atoms with Crippen LogP contribution < -0.4 is 19.7 Å². The number of hydrogen-bond donors (Lipinski definition) is 2. The molecule has 2 N–H and O–H groups in total. The highest BCUT2D eigenvalue weighted by atomic mass is 32.1. The van der Waals surface area contributed by atoms with E-state index in [0.29, 0.717) is 52.7 Å². The Hall–Kier alpha value is -3.16. The fourth-order valence-corrected chi connectivity index (χ4v) is 6.54. The molecule has 0 unspecified atom stereocenters. The Bertz CT molecular complexity index is 1670. The molecule has 1 aromatic carbocycles. The van der Waals surface area contributed by atoms with Gasteiger partial charge in [0, 0.05) is 46.7 Å². The van der Waals surface area contributed by atoms with Gasteiger partial charge in [0.25, 0.3) is 5.88 Å². The van der Waals surface area contributed by atoms with Crippen molar-refractivity contribution in [2.24, 2.45) is 0 Å². The topological polar surface area (TPSA) is 106 Å². The van der Waals surface area contributed by atoms with Crippen molar-refractivity contribution in [3.05, 3.63) is 53.2 Å². The Morgan fingerprint density at radius 1 is 0.978 bits per heavy atom. The summed E-state index contributed by atoms with van der Waals surface area (Å²) in [6.45, 7) is 0.597. The van der Waals surface area contributed by atoms with Crippen molar-refractivity contribution in [1.29, 1.82) is 0 Å². The molecule has 0 radical (unpaired) electrons. The van der Waals surface area contributed by atoms with Crippen LogP contribution in [0.4, 0.5) is 19.0 Å². The van der Waals surface area contributed by atoms with Crippen molar-refractivity contribution < 1.29 is 27.8 Å². The minimum Gasteiger partial charge on any atom is -0.509 e. The summed E-state index contributed by atoms with van der Waals surface area (Å²) in [6, 6.07) is 11.2. The van der Waals surface area contributed by atoms with Gasteiger partial charge < -0.3 is 24.8 Å². The van der Waals surface area contributed by atoms with Crippen LogP contribution in [0.5, 0.6) is 11.6 Å². The van der Waals surface area contributed by atoms with Crippen molar-refractivity contribution in [3.8, 4) is 22.9 Å². The van der Waals surface area contributed by atoms with Crippen molar-refractivity contribution in [3.63, 3.8) is 0 Å². The fourth-order valence-electron chi connectivity index (χ4n) is 5.52. The Kier molecular flexibility index (Phi) is 9.77. The summed E-state index contributed by atoms with van der Waals surface area (Å²) in [4.78, 5) is 11.1. The van der Waals surface area contributed by atoms with Gasteiger partial charge in [-0.3, -0.25) is 0 Å². The molecule has 1 aliphatic rings. The number of nitrogens with one attached hydrogen (secondary N) is 1. The molecule has 46 heavy (non-hydrogen) atoms. The summed E-state index contributed by atoms with van der Waals surface area (Å²) in [5.74, 6) is 1.40. The summed E-state index contributed by atoms with van der Waals surface area (Å²) < 4.78 is 51.1. The average Bonchev–Trinajstić information content (AvgIpc) is 3.52. The molecule has 0 aliphatic heterocycles. The van der Waals surface area contributed by atoms with E-state index in [1.54, 1.807) is 0 Å². The monoisotopic (exact) mass is 646 g/mol. The zero-order valence-electron chi connectivity index (χ0n) is 27.1. The summed E-state index contributed by atoms with van der Waals surface area (Å²) in [5.41, 5.74) is 2.62. The van der Waals surface area contributed by atoms with E-state index in [1.807, 2.05) is 89.4 Å². The summed E-state index contributed by atoms with van der Waals surface area (Å²) in [7, 11) is 13.6. The van der Waals surface area contributed by atoms with Gasteiger partial charge in [-0.05, 0) is 24.5 Å². The predicted molar refractivity (Wildman–Crippen MR) is 191 cm³/mol. The van der Waals surface area contributed by atoms with Crippen LogP contribution in [0.15, 0.2) is 42.7 Å². The summed E-state index contributed by atoms with van der Waals surface area (Å²) in [6.07, 6.45) is -3.38. The van der Waals surface area contributed by atoms with Gasteiger partial charge in [0.1, 0.15) is 64.1 Å². The van der Waals surface area contributed by atoms with E-state index >= 15 is 0 Å². The molecule has 0 bridgehead atoms. The Labute approximate surface area is 275 Å². The molecule has 0 amide bonds. The minimum atomic E-state index is -4.30. The fraction of sp³-hybridized carbons (Fsp3) is 0.407. The zero-order chi connectivity index (χ0) is 33.4. The molecule has 4 aromatic rings. The number of hydrogen-bond acceptors (Lipinski definition) is 10. The minimum absolute atomic E-state index is 0.0426. The smallest absolute Gasteiger partial charge is 0.393 e. The van der Waals surface area contributed by atoms with E-state index in [4.69, 9.17) is 9.47 Å². The first-order valence-corrected chi connectivity index (χ1v) is 16.1. The first-order chi connectivity index (χ1) is 21.4. The quantitative estimate of drug-likeness (QED) is 0.182. The third-order valence-electron chi connectivity index (χ3n) is 7.45. The second-order valence-corrected chi connectivity index (χ2v) is 14.9. The molecule has 3 aromatic heterocycles. The Morgan fingerprint density at radius 2 is 1.67 bits per heavy atom. The molecule has 236 valence electrons. The second-order valence-electron chi connectivity index (χ2n) is 13.7. The van der Waals surface area contributed by atoms with Gasteiger partial charge in [-0.25, -0.2) is 9.97 Å². The number of likely N-dealkylation sites (N-methyl/N-ethyl adjacent to an activating group) is 1. The predicted octanol–water partition coefficient (Wildman–Crippen LogP) is -1.85. The average molecular weight is 646 g/mol. The number of halogens is 3. The van der Waals surface area contributed by atoms with Crippen molar-refractivity contribution in [2.75, 3.05) is 11.9 Å². The summed E-state index contributed by atoms with van der Waals surface area (Å²) in [5, 5.41) is 22.9. The van der Waals surface area contributed by atoms with Gasteiger partial charge in [0.05, 0.1) is 29.6 Å². The van der Waals surface area contributed by atoms with Gasteiger partial charge in [-0.1, -0.05) is 24.3 Å². The van der Waals surface area contributed by atoms with Crippen molar-refractivity contribution >= 4 is 74.4 Å². The number of aromatic nitrogens is 4. The maximum absolute atomic E-state index is 13.0. The van der Waals surface area contributed by atoms with Crippen LogP contribution in [0.2, 0.25) is 0 Å². The third kappa shape index (κ3) is 8.80. The maximum atomic E-state index is 13.0. The normalized spacial score (nSPS) is 18.9. The van der Waals surface area contributed by atoms with Crippen molar-refractivity contribution in [1.82, 2.24) is 25.5 Å². The lowest BCUT2D eigenvalue weighted by Gasteiger charge is -2.28. The van der Waals surface area contributed by atoms with E-state index in [9.17, 15) is 18.3 Å². The molecule has 5 rings (SSSR count). The van der Waals surface area contributed by atoms with E-state index in [-0.39, 0.29) is 17.0 Å². The molecule has 19 heteroatoms. The number of anilines is 1. The van der Waals surface area contributed by atoms with Crippen LogP contribution in [-0.4, -0.2) is 114 Å². The number of thiophene rings is 1. The van der Waals surface area contributed by atoms with Crippen LogP contribution in [0.3, 0.4) is 0 Å². The van der Waals surface area contributed by atoms with E-state index in [1.165, 1.54) is 12.4 Å².